The van der Waals surface area contributed by atoms with Crippen molar-refractivity contribution < 1.29 is 19.1 Å². The minimum absolute atomic E-state index is 0.0369. The lowest BCUT2D eigenvalue weighted by molar-refractivity contribution is -0.120. The largest absolute Gasteiger partial charge is 0.454 e. The summed E-state index contributed by atoms with van der Waals surface area (Å²) in [5.74, 6) is 0.0587. The van der Waals surface area contributed by atoms with Gasteiger partial charge in [0.05, 0.1) is 17.4 Å². The van der Waals surface area contributed by atoms with Crippen LogP contribution in [0.4, 0.5) is 0 Å². The number of fused-ring (bicyclic) bond motifs is 2. The van der Waals surface area contributed by atoms with Crippen molar-refractivity contribution in [3.05, 3.63) is 64.2 Å². The minimum Gasteiger partial charge on any atom is -0.454 e. The van der Waals surface area contributed by atoms with Gasteiger partial charge in [-0.2, -0.15) is 0 Å². The second-order valence-corrected chi connectivity index (χ2v) is 6.70. The van der Waals surface area contributed by atoms with Crippen molar-refractivity contribution in [1.82, 2.24) is 20.2 Å². The Morgan fingerprint density at radius 1 is 1.13 bits per heavy atom. The lowest BCUT2D eigenvalue weighted by atomic mass is 10.1. The molecule has 0 fully saturated rings. The maximum absolute atomic E-state index is 12.9. The first kappa shape index (κ1) is 19.4. The van der Waals surface area contributed by atoms with Crippen LogP contribution in [0.1, 0.15) is 22.8 Å². The van der Waals surface area contributed by atoms with Gasteiger partial charge in [-0.3, -0.25) is 19.4 Å². The quantitative estimate of drug-likeness (QED) is 0.634. The van der Waals surface area contributed by atoms with Crippen molar-refractivity contribution in [2.45, 2.75) is 20.0 Å². The summed E-state index contributed by atoms with van der Waals surface area (Å²) in [5.41, 5.74) is 1.08. The van der Waals surface area contributed by atoms with Gasteiger partial charge in [0.25, 0.3) is 5.91 Å². The molecule has 154 valence electrons. The highest BCUT2D eigenvalue weighted by Crippen LogP contribution is 2.35. The average Bonchev–Trinajstić information content (AvgIpc) is 3.23. The molecule has 3 heterocycles. The molecule has 2 N–H and O–H groups in total. The van der Waals surface area contributed by atoms with Crippen LogP contribution in [0.25, 0.3) is 10.9 Å². The maximum Gasteiger partial charge on any atom is 0.257 e. The molecule has 0 unspecified atom stereocenters. The fourth-order valence-electron chi connectivity index (χ4n) is 3.22. The fraction of sp³-hybridized carbons (Fsp3) is 0.238. The van der Waals surface area contributed by atoms with E-state index in [1.54, 1.807) is 41.2 Å². The normalized spacial score (nSPS) is 12.0. The number of carbonyl (C=O) groups is 2. The van der Waals surface area contributed by atoms with E-state index >= 15 is 0 Å². The summed E-state index contributed by atoms with van der Waals surface area (Å²) in [6, 6.07) is 6.89. The predicted octanol–water partition coefficient (Wildman–Crippen LogP) is 1.19. The van der Waals surface area contributed by atoms with Gasteiger partial charge in [-0.1, -0.05) is 0 Å². The van der Waals surface area contributed by atoms with E-state index in [1.165, 1.54) is 6.20 Å². The standard InChI is InChI=1S/C21H20N4O5/c1-2-25-11-15(20(27)14-7-17-18(8-16(14)25)30-12-29-17)21(28)24-10-19(26)23-9-13-3-5-22-6-4-13/h3-8,11H,2,9-10,12H2,1H3,(H,23,26)(H,24,28). The van der Waals surface area contributed by atoms with Crippen molar-refractivity contribution in [3.8, 4) is 11.5 Å². The molecule has 1 aromatic carbocycles. The Balaban J connectivity index is 1.50. The zero-order valence-electron chi connectivity index (χ0n) is 16.3. The molecule has 2 amide bonds. The van der Waals surface area contributed by atoms with Crippen molar-refractivity contribution >= 4 is 22.7 Å². The molecule has 30 heavy (non-hydrogen) atoms. The molecule has 0 spiro atoms. The van der Waals surface area contributed by atoms with E-state index in [4.69, 9.17) is 9.47 Å². The van der Waals surface area contributed by atoms with Crippen LogP contribution in [0, 0.1) is 0 Å². The molecule has 3 aromatic rings. The number of aryl methyl sites for hydroxylation is 1. The SMILES string of the molecule is CCn1cc(C(=O)NCC(=O)NCc2ccncc2)c(=O)c2cc3c(cc21)OCO3. The molecule has 0 saturated carbocycles. The zero-order chi connectivity index (χ0) is 21.1. The van der Waals surface area contributed by atoms with Gasteiger partial charge in [0.2, 0.25) is 18.1 Å². The van der Waals surface area contributed by atoms with E-state index in [0.717, 1.165) is 5.56 Å². The summed E-state index contributed by atoms with van der Waals surface area (Å²) in [6.45, 7) is 2.62. The van der Waals surface area contributed by atoms with Crippen LogP contribution in [-0.2, 0) is 17.9 Å². The topological polar surface area (TPSA) is 112 Å². The molecule has 0 atom stereocenters. The number of nitrogens with zero attached hydrogens (tertiary/aromatic N) is 2. The molecule has 4 rings (SSSR count). The third kappa shape index (κ3) is 3.82. The molecule has 0 bridgehead atoms. The monoisotopic (exact) mass is 408 g/mol. The van der Waals surface area contributed by atoms with Crippen molar-refractivity contribution in [2.75, 3.05) is 13.3 Å². The van der Waals surface area contributed by atoms with Crippen LogP contribution < -0.4 is 25.5 Å². The van der Waals surface area contributed by atoms with Crippen LogP contribution >= 0.6 is 0 Å². The summed E-state index contributed by atoms with van der Waals surface area (Å²) >= 11 is 0. The second kappa shape index (κ2) is 8.24. The van der Waals surface area contributed by atoms with Gasteiger partial charge in [0, 0.05) is 37.7 Å². The minimum atomic E-state index is -0.610. The lowest BCUT2D eigenvalue weighted by Gasteiger charge is -2.12. The van der Waals surface area contributed by atoms with Crippen molar-refractivity contribution in [2.24, 2.45) is 0 Å². The summed E-state index contributed by atoms with van der Waals surface area (Å²) < 4.78 is 12.5. The van der Waals surface area contributed by atoms with Gasteiger partial charge < -0.3 is 24.7 Å². The number of nitrogens with one attached hydrogen (secondary N) is 2. The first-order valence-electron chi connectivity index (χ1n) is 9.47. The molecule has 9 nitrogen and oxygen atoms in total. The van der Waals surface area contributed by atoms with Gasteiger partial charge >= 0.3 is 0 Å². The Kier molecular flexibility index (Phi) is 5.34. The van der Waals surface area contributed by atoms with Crippen LogP contribution in [0.2, 0.25) is 0 Å². The molecular formula is C21H20N4O5. The number of ether oxygens (including phenoxy) is 2. The van der Waals surface area contributed by atoms with Gasteiger partial charge in [-0.05, 0) is 30.7 Å². The first-order valence-corrected chi connectivity index (χ1v) is 9.47. The van der Waals surface area contributed by atoms with Crippen molar-refractivity contribution in [3.63, 3.8) is 0 Å². The van der Waals surface area contributed by atoms with E-state index in [2.05, 4.69) is 15.6 Å². The van der Waals surface area contributed by atoms with Gasteiger partial charge in [0.1, 0.15) is 5.56 Å². The summed E-state index contributed by atoms with van der Waals surface area (Å²) in [5, 5.41) is 5.57. The van der Waals surface area contributed by atoms with Crippen LogP contribution in [0.3, 0.4) is 0 Å². The first-order chi connectivity index (χ1) is 14.6. The van der Waals surface area contributed by atoms with Gasteiger partial charge in [-0.25, -0.2) is 0 Å². The number of benzene rings is 1. The number of hydrogen-bond donors (Lipinski definition) is 2. The Morgan fingerprint density at radius 2 is 1.87 bits per heavy atom. The Bertz CT molecular complexity index is 1170. The summed E-state index contributed by atoms with van der Waals surface area (Å²) in [4.78, 5) is 41.5. The molecule has 0 saturated heterocycles. The number of rotatable bonds is 6. The highest BCUT2D eigenvalue weighted by atomic mass is 16.7. The van der Waals surface area contributed by atoms with E-state index in [-0.39, 0.29) is 24.8 Å². The Hall–Kier alpha value is -3.88. The Morgan fingerprint density at radius 3 is 2.60 bits per heavy atom. The van der Waals surface area contributed by atoms with Crippen LogP contribution in [0.15, 0.2) is 47.7 Å². The number of hydrogen-bond acceptors (Lipinski definition) is 6. The van der Waals surface area contributed by atoms with Crippen molar-refractivity contribution in [1.29, 1.82) is 0 Å². The molecule has 0 radical (unpaired) electrons. The van der Waals surface area contributed by atoms with Gasteiger partial charge in [-0.15, -0.1) is 0 Å². The number of pyridine rings is 2. The molecular weight excluding hydrogens is 388 g/mol. The molecule has 9 heteroatoms. The highest BCUT2D eigenvalue weighted by Gasteiger charge is 2.20. The third-order valence-corrected chi connectivity index (χ3v) is 4.81. The molecule has 1 aliphatic rings. The van der Waals surface area contributed by atoms with E-state index in [9.17, 15) is 14.4 Å². The summed E-state index contributed by atoms with van der Waals surface area (Å²) in [7, 11) is 0. The third-order valence-electron chi connectivity index (χ3n) is 4.81. The average molecular weight is 408 g/mol. The molecule has 0 aliphatic carbocycles. The Labute approximate surface area is 171 Å². The zero-order valence-corrected chi connectivity index (χ0v) is 16.3. The number of carbonyl (C=O) groups excluding carboxylic acids is 2. The van der Waals surface area contributed by atoms with Crippen LogP contribution in [-0.4, -0.2) is 34.7 Å². The highest BCUT2D eigenvalue weighted by molar-refractivity contribution is 5.99. The van der Waals surface area contributed by atoms with E-state index in [1.807, 2.05) is 6.92 Å². The number of amides is 2. The van der Waals surface area contributed by atoms with E-state index < -0.39 is 11.3 Å². The second-order valence-electron chi connectivity index (χ2n) is 6.70. The maximum atomic E-state index is 12.9. The lowest BCUT2D eigenvalue weighted by Crippen LogP contribution is -2.38. The van der Waals surface area contributed by atoms with Gasteiger partial charge in [0.15, 0.2) is 11.5 Å². The number of aromatic nitrogens is 2. The summed E-state index contributed by atoms with van der Waals surface area (Å²) in [6.07, 6.45) is 4.76. The molecule has 1 aliphatic heterocycles. The molecule has 2 aromatic heterocycles. The van der Waals surface area contributed by atoms with Crippen LogP contribution in [0.5, 0.6) is 11.5 Å². The predicted molar refractivity (Wildman–Crippen MR) is 108 cm³/mol. The fourth-order valence-corrected chi connectivity index (χ4v) is 3.22. The van der Waals surface area contributed by atoms with E-state index in [0.29, 0.717) is 35.5 Å². The smallest absolute Gasteiger partial charge is 0.257 e.